The summed E-state index contributed by atoms with van der Waals surface area (Å²) in [6.07, 6.45) is 0.258. The quantitative estimate of drug-likeness (QED) is 0.179. The number of nitrogens with zero attached hydrogens (tertiary/aromatic N) is 5. The second-order valence-electron chi connectivity index (χ2n) is 7.66. The van der Waals surface area contributed by atoms with E-state index in [0.29, 0.717) is 22.2 Å². The van der Waals surface area contributed by atoms with Crippen LogP contribution in [0.25, 0.3) is 5.65 Å². The molecule has 2 aromatic carbocycles. The van der Waals surface area contributed by atoms with E-state index in [2.05, 4.69) is 25.3 Å². The maximum Gasteiger partial charge on any atom is 0.269 e. The van der Waals surface area contributed by atoms with Crippen molar-refractivity contribution in [3.8, 4) is 0 Å². The smallest absolute Gasteiger partial charge is 0.269 e. The molecule has 0 aliphatic carbocycles. The number of aromatic nitrogens is 4. The predicted molar refractivity (Wildman–Crippen MR) is 133 cm³/mol. The molecule has 0 bridgehead atoms. The van der Waals surface area contributed by atoms with Gasteiger partial charge in [-0.1, -0.05) is 29.5 Å². The van der Waals surface area contributed by atoms with Gasteiger partial charge in [0.15, 0.2) is 11.5 Å². The number of nitrogens with one attached hydrogen (secondary N) is 2. The summed E-state index contributed by atoms with van der Waals surface area (Å²) < 4.78 is 29.0. The Hall–Kier alpha value is -3.88. The highest BCUT2D eigenvalue weighted by molar-refractivity contribution is 7.99. The fraction of sp³-hybridized carbons (Fsp3) is 0.182. The highest BCUT2D eigenvalue weighted by atomic mass is 32.2. The molecule has 186 valence electrons. The normalized spacial score (nSPS) is 11.5. The summed E-state index contributed by atoms with van der Waals surface area (Å²) in [5.41, 5.74) is 1.84. The molecule has 0 saturated carbocycles. The monoisotopic (exact) mass is 527 g/mol. The molecule has 12 nitrogen and oxygen atoms in total. The Kier molecular flexibility index (Phi) is 7.57. The van der Waals surface area contributed by atoms with Crippen molar-refractivity contribution in [3.05, 3.63) is 82.2 Å². The van der Waals surface area contributed by atoms with Crippen LogP contribution in [0.1, 0.15) is 11.4 Å². The predicted octanol–water partition coefficient (Wildman–Crippen LogP) is 2.59. The van der Waals surface area contributed by atoms with Crippen molar-refractivity contribution < 1.29 is 18.1 Å². The van der Waals surface area contributed by atoms with E-state index < -0.39 is 14.9 Å². The second-order valence-corrected chi connectivity index (χ2v) is 10.4. The van der Waals surface area contributed by atoms with Crippen LogP contribution >= 0.6 is 11.8 Å². The minimum atomic E-state index is -3.65. The van der Waals surface area contributed by atoms with E-state index >= 15 is 0 Å². The number of carbonyl (C=O) groups is 1. The lowest BCUT2D eigenvalue weighted by atomic mass is 10.2. The number of thioether (sulfide) groups is 1. The van der Waals surface area contributed by atoms with Crippen LogP contribution in [0.15, 0.2) is 70.6 Å². The summed E-state index contributed by atoms with van der Waals surface area (Å²) in [5.74, 6) is 0.225. The minimum Gasteiger partial charge on any atom is -0.325 e. The zero-order chi connectivity index (χ0) is 25.7. The number of rotatable bonds is 10. The molecule has 0 fully saturated rings. The number of sulfonamides is 1. The fourth-order valence-electron chi connectivity index (χ4n) is 3.15. The first-order valence-corrected chi connectivity index (χ1v) is 13.1. The molecule has 0 aliphatic rings. The van der Waals surface area contributed by atoms with Gasteiger partial charge in [-0.15, -0.1) is 10.2 Å². The average molecular weight is 528 g/mol. The molecule has 1 amide bonds. The van der Waals surface area contributed by atoms with Crippen LogP contribution < -0.4 is 10.0 Å². The number of benzene rings is 2. The summed E-state index contributed by atoms with van der Waals surface area (Å²) in [6, 6.07) is 15.5. The van der Waals surface area contributed by atoms with E-state index in [9.17, 15) is 23.3 Å². The zero-order valence-corrected chi connectivity index (χ0v) is 20.6. The number of hydrogen-bond acceptors (Lipinski definition) is 9. The molecule has 2 N–H and O–H groups in total. The van der Waals surface area contributed by atoms with Gasteiger partial charge >= 0.3 is 0 Å². The van der Waals surface area contributed by atoms with Crippen molar-refractivity contribution in [2.75, 3.05) is 17.6 Å². The number of aryl methyl sites for hydroxylation is 1. The maximum absolute atomic E-state index is 12.5. The van der Waals surface area contributed by atoms with Gasteiger partial charge in [-0.3, -0.25) is 14.9 Å². The number of carbonyl (C=O) groups excluding carboxylic acids is 1. The summed E-state index contributed by atoms with van der Waals surface area (Å²) in [5, 5.41) is 26.5. The van der Waals surface area contributed by atoms with Gasteiger partial charge in [-0.25, -0.2) is 13.1 Å². The number of nitro benzene ring substituents is 1. The third-order valence-corrected chi connectivity index (χ3v) is 7.38. The molecule has 0 unspecified atom stereocenters. The van der Waals surface area contributed by atoms with E-state index in [-0.39, 0.29) is 35.2 Å². The van der Waals surface area contributed by atoms with Crippen LogP contribution in [0.5, 0.6) is 0 Å². The van der Waals surface area contributed by atoms with Gasteiger partial charge < -0.3 is 5.32 Å². The molecular weight excluding hydrogens is 506 g/mol. The molecule has 0 radical (unpaired) electrons. The highest BCUT2D eigenvalue weighted by Gasteiger charge is 2.15. The van der Waals surface area contributed by atoms with Crippen LogP contribution in [0.4, 0.5) is 11.4 Å². The number of amides is 1. The maximum atomic E-state index is 12.5. The third-order valence-electron chi connectivity index (χ3n) is 4.99. The van der Waals surface area contributed by atoms with Crippen LogP contribution in [0.2, 0.25) is 0 Å². The van der Waals surface area contributed by atoms with Crippen molar-refractivity contribution >= 4 is 44.7 Å². The minimum absolute atomic E-state index is 0.0588. The summed E-state index contributed by atoms with van der Waals surface area (Å²) >= 11 is 1.19. The van der Waals surface area contributed by atoms with Crippen molar-refractivity contribution in [1.82, 2.24) is 24.5 Å². The van der Waals surface area contributed by atoms with Crippen molar-refractivity contribution in [2.24, 2.45) is 0 Å². The lowest BCUT2D eigenvalue weighted by Gasteiger charge is -2.07. The standard InChI is InChI=1S/C22H21N7O5S2/c1-15-2-8-18(9-3-15)36(33,34)23-13-12-20-26-25-19-10-11-22(27-28(19)20)35-14-21(30)24-16-4-6-17(7-5-16)29(31)32/h2-11,23H,12-14H2,1H3,(H,24,30). The van der Waals surface area contributed by atoms with Crippen LogP contribution in [-0.2, 0) is 21.2 Å². The van der Waals surface area contributed by atoms with E-state index in [0.717, 1.165) is 5.56 Å². The summed E-state index contributed by atoms with van der Waals surface area (Å²) in [7, 11) is -3.65. The molecule has 0 saturated heterocycles. The van der Waals surface area contributed by atoms with Crippen LogP contribution in [-0.4, -0.2) is 51.4 Å². The van der Waals surface area contributed by atoms with Gasteiger partial charge in [0.05, 0.1) is 15.6 Å². The van der Waals surface area contributed by atoms with Crippen molar-refractivity contribution in [2.45, 2.75) is 23.3 Å². The Labute approximate surface area is 210 Å². The first-order valence-electron chi connectivity index (χ1n) is 10.7. The molecule has 2 aromatic heterocycles. The fourth-order valence-corrected chi connectivity index (χ4v) is 4.84. The first-order chi connectivity index (χ1) is 17.2. The lowest BCUT2D eigenvalue weighted by molar-refractivity contribution is -0.384. The van der Waals surface area contributed by atoms with E-state index in [1.807, 2.05) is 6.92 Å². The largest absolute Gasteiger partial charge is 0.325 e. The molecule has 0 spiro atoms. The number of nitro groups is 1. The molecule has 0 aliphatic heterocycles. The number of fused-ring (bicyclic) bond motifs is 1. The van der Waals surface area contributed by atoms with Gasteiger partial charge in [-0.2, -0.15) is 9.61 Å². The number of non-ortho nitro benzene ring substituents is 1. The Morgan fingerprint density at radius 3 is 2.47 bits per heavy atom. The van der Waals surface area contributed by atoms with Gasteiger partial charge in [0.25, 0.3) is 5.69 Å². The highest BCUT2D eigenvalue weighted by Crippen LogP contribution is 2.19. The number of anilines is 1. The Balaban J connectivity index is 1.34. The third kappa shape index (κ3) is 6.21. The summed E-state index contributed by atoms with van der Waals surface area (Å²) in [6.45, 7) is 1.99. The van der Waals surface area contributed by atoms with Crippen molar-refractivity contribution in [1.29, 1.82) is 0 Å². The summed E-state index contributed by atoms with van der Waals surface area (Å²) in [4.78, 5) is 22.7. The topological polar surface area (TPSA) is 161 Å². The molecule has 4 rings (SSSR count). The van der Waals surface area contributed by atoms with Gasteiger partial charge in [0, 0.05) is 30.8 Å². The average Bonchev–Trinajstić information content (AvgIpc) is 3.25. The van der Waals surface area contributed by atoms with Gasteiger partial charge in [-0.05, 0) is 43.3 Å². The molecule has 14 heteroatoms. The number of hydrogen-bond donors (Lipinski definition) is 2. The Bertz CT molecular complexity index is 1500. The molecule has 36 heavy (non-hydrogen) atoms. The van der Waals surface area contributed by atoms with Gasteiger partial charge in [0.1, 0.15) is 5.03 Å². The molecular formula is C22H21N7O5S2. The Morgan fingerprint density at radius 1 is 1.06 bits per heavy atom. The van der Waals surface area contributed by atoms with Crippen molar-refractivity contribution in [3.63, 3.8) is 0 Å². The first kappa shape index (κ1) is 25.2. The second kappa shape index (κ2) is 10.8. The van der Waals surface area contributed by atoms with E-state index in [4.69, 9.17) is 0 Å². The van der Waals surface area contributed by atoms with Crippen LogP contribution in [0, 0.1) is 17.0 Å². The SMILES string of the molecule is Cc1ccc(S(=O)(=O)NCCc2nnc3ccc(SCC(=O)Nc4ccc([N+](=O)[O-])cc4)nn23)cc1. The molecule has 2 heterocycles. The van der Waals surface area contributed by atoms with Crippen LogP contribution in [0.3, 0.4) is 0 Å². The van der Waals surface area contributed by atoms with E-state index in [1.54, 1.807) is 36.4 Å². The molecule has 4 aromatic rings. The van der Waals surface area contributed by atoms with E-state index in [1.165, 1.54) is 40.5 Å². The molecule has 0 atom stereocenters. The van der Waals surface area contributed by atoms with Gasteiger partial charge in [0.2, 0.25) is 15.9 Å². The lowest BCUT2D eigenvalue weighted by Crippen LogP contribution is -2.26. The Morgan fingerprint density at radius 2 is 1.78 bits per heavy atom. The zero-order valence-electron chi connectivity index (χ0n) is 19.0.